The number of nitrogens with zero attached hydrogens (tertiary/aromatic N) is 1. The average molecular weight is 485 g/mol. The molecule has 1 saturated heterocycles. The Bertz CT molecular complexity index is 1070. The topological polar surface area (TPSA) is 75.7 Å². The maximum atomic E-state index is 12.8. The molecule has 0 radical (unpaired) electrons. The number of thioether (sulfide) groups is 1. The van der Waals surface area contributed by atoms with Crippen LogP contribution >= 0.6 is 23.4 Å². The number of carbonyl (C=O) groups excluding carboxylic acids is 3. The summed E-state index contributed by atoms with van der Waals surface area (Å²) in [5, 5.41) is 2.84. The molecule has 0 unspecified atom stereocenters. The highest BCUT2D eigenvalue weighted by atomic mass is 35.5. The first-order chi connectivity index (χ1) is 16.0. The average Bonchev–Trinajstić information content (AvgIpc) is 3.07. The SMILES string of the molecule is O=C(COc1ccc(/C=C2/SC(=O)N(CC3CCCCC3)C2=O)cc1Cl)Nc1ccccc1. The third kappa shape index (κ3) is 6.18. The van der Waals surface area contributed by atoms with Gasteiger partial charge in [0.2, 0.25) is 0 Å². The van der Waals surface area contributed by atoms with Gasteiger partial charge in [-0.15, -0.1) is 0 Å². The van der Waals surface area contributed by atoms with E-state index in [-0.39, 0.29) is 23.7 Å². The Labute approximate surface area is 202 Å². The van der Waals surface area contributed by atoms with E-state index in [0.29, 0.717) is 39.4 Å². The van der Waals surface area contributed by atoms with E-state index >= 15 is 0 Å². The van der Waals surface area contributed by atoms with Crippen LogP contribution in [0.2, 0.25) is 5.02 Å². The summed E-state index contributed by atoms with van der Waals surface area (Å²) in [6, 6.07) is 14.1. The highest BCUT2D eigenvalue weighted by Gasteiger charge is 2.36. The third-order valence-electron chi connectivity index (χ3n) is 5.71. The molecule has 2 aromatic carbocycles. The van der Waals surface area contributed by atoms with Crippen LogP contribution in [0.4, 0.5) is 10.5 Å². The molecular weight excluding hydrogens is 460 g/mol. The summed E-state index contributed by atoms with van der Waals surface area (Å²) in [4.78, 5) is 39.0. The van der Waals surface area contributed by atoms with Crippen molar-refractivity contribution in [3.8, 4) is 5.75 Å². The van der Waals surface area contributed by atoms with E-state index in [2.05, 4.69) is 5.32 Å². The van der Waals surface area contributed by atoms with Crippen LogP contribution in [0.5, 0.6) is 5.75 Å². The van der Waals surface area contributed by atoms with E-state index in [1.54, 1.807) is 36.4 Å². The molecule has 1 N–H and O–H groups in total. The molecule has 1 heterocycles. The number of hydrogen-bond acceptors (Lipinski definition) is 5. The first-order valence-corrected chi connectivity index (χ1v) is 12.2. The number of halogens is 1. The van der Waals surface area contributed by atoms with Gasteiger partial charge in [-0.1, -0.05) is 55.1 Å². The minimum Gasteiger partial charge on any atom is -0.482 e. The fourth-order valence-corrected chi connectivity index (χ4v) is 5.11. The number of nitrogens with one attached hydrogen (secondary N) is 1. The lowest BCUT2D eigenvalue weighted by molar-refractivity contribution is -0.123. The predicted octanol–water partition coefficient (Wildman–Crippen LogP) is 5.97. The van der Waals surface area contributed by atoms with E-state index in [9.17, 15) is 14.4 Å². The maximum Gasteiger partial charge on any atom is 0.293 e. The zero-order valence-electron chi connectivity index (χ0n) is 18.1. The zero-order valence-corrected chi connectivity index (χ0v) is 19.7. The van der Waals surface area contributed by atoms with E-state index in [1.807, 2.05) is 18.2 Å². The first kappa shape index (κ1) is 23.4. The lowest BCUT2D eigenvalue weighted by Crippen LogP contribution is -2.34. The van der Waals surface area contributed by atoms with Gasteiger partial charge in [-0.2, -0.15) is 0 Å². The molecule has 172 valence electrons. The van der Waals surface area contributed by atoms with Crippen LogP contribution in [0.3, 0.4) is 0 Å². The van der Waals surface area contributed by atoms with Gasteiger partial charge < -0.3 is 10.1 Å². The Morgan fingerprint density at radius 2 is 1.88 bits per heavy atom. The lowest BCUT2D eigenvalue weighted by Gasteiger charge is -2.25. The van der Waals surface area contributed by atoms with E-state index in [0.717, 1.165) is 37.4 Å². The van der Waals surface area contributed by atoms with Gasteiger partial charge >= 0.3 is 0 Å². The fraction of sp³-hybridized carbons (Fsp3) is 0.320. The molecule has 6 nitrogen and oxygen atoms in total. The van der Waals surface area contributed by atoms with Gasteiger partial charge in [0, 0.05) is 12.2 Å². The third-order valence-corrected chi connectivity index (χ3v) is 6.91. The van der Waals surface area contributed by atoms with Crippen molar-refractivity contribution in [2.45, 2.75) is 32.1 Å². The molecule has 8 heteroatoms. The van der Waals surface area contributed by atoms with Crippen LogP contribution in [-0.4, -0.2) is 35.1 Å². The molecular formula is C25H25ClN2O4S. The normalized spacial score (nSPS) is 18.1. The Balaban J connectivity index is 1.35. The van der Waals surface area contributed by atoms with E-state index in [1.165, 1.54) is 11.3 Å². The van der Waals surface area contributed by atoms with Crippen molar-refractivity contribution in [2.24, 2.45) is 5.92 Å². The molecule has 1 aliphatic carbocycles. The Morgan fingerprint density at radius 3 is 2.61 bits per heavy atom. The number of imide groups is 1. The molecule has 4 rings (SSSR count). The summed E-state index contributed by atoms with van der Waals surface area (Å²) in [6.07, 6.45) is 7.37. The van der Waals surface area contributed by atoms with Crippen molar-refractivity contribution in [3.05, 3.63) is 64.0 Å². The molecule has 3 amide bonds. The van der Waals surface area contributed by atoms with Gasteiger partial charge in [0.15, 0.2) is 6.61 Å². The Morgan fingerprint density at radius 1 is 1.12 bits per heavy atom. The van der Waals surface area contributed by atoms with E-state index in [4.69, 9.17) is 16.3 Å². The summed E-state index contributed by atoms with van der Waals surface area (Å²) < 4.78 is 5.54. The maximum absolute atomic E-state index is 12.8. The number of para-hydroxylation sites is 1. The molecule has 0 aromatic heterocycles. The number of rotatable bonds is 7. The minimum absolute atomic E-state index is 0.186. The Kier molecular flexibility index (Phi) is 7.73. The zero-order chi connectivity index (χ0) is 23.2. The van der Waals surface area contributed by atoms with E-state index < -0.39 is 0 Å². The summed E-state index contributed by atoms with van der Waals surface area (Å²) in [7, 11) is 0. The summed E-state index contributed by atoms with van der Waals surface area (Å²) in [5.41, 5.74) is 1.37. The highest BCUT2D eigenvalue weighted by molar-refractivity contribution is 8.18. The van der Waals surface area contributed by atoms with Gasteiger partial charge in [-0.25, -0.2) is 0 Å². The Hall–Kier alpha value is -2.77. The van der Waals surface area contributed by atoms with Gasteiger partial charge in [-0.3, -0.25) is 19.3 Å². The first-order valence-electron chi connectivity index (χ1n) is 11.0. The van der Waals surface area contributed by atoms with Gasteiger partial charge in [0.05, 0.1) is 9.93 Å². The minimum atomic E-state index is -0.298. The summed E-state index contributed by atoms with van der Waals surface area (Å²) in [6.45, 7) is 0.314. The van der Waals surface area contributed by atoms with Crippen molar-refractivity contribution in [2.75, 3.05) is 18.5 Å². The van der Waals surface area contributed by atoms with Crippen LogP contribution in [0.25, 0.3) is 6.08 Å². The van der Waals surface area contributed by atoms with Gasteiger partial charge in [-0.05, 0) is 66.4 Å². The predicted molar refractivity (Wildman–Crippen MR) is 131 cm³/mol. The molecule has 2 fully saturated rings. The monoisotopic (exact) mass is 484 g/mol. The second-order valence-electron chi connectivity index (χ2n) is 8.19. The van der Waals surface area contributed by atoms with Crippen LogP contribution in [-0.2, 0) is 9.59 Å². The molecule has 33 heavy (non-hydrogen) atoms. The summed E-state index contributed by atoms with van der Waals surface area (Å²) in [5.74, 6) is 0.219. The van der Waals surface area contributed by atoms with Crippen molar-refractivity contribution in [1.29, 1.82) is 0 Å². The van der Waals surface area contributed by atoms with Crippen LogP contribution < -0.4 is 10.1 Å². The van der Waals surface area contributed by atoms with Crippen LogP contribution in [0, 0.1) is 5.92 Å². The lowest BCUT2D eigenvalue weighted by atomic mass is 9.89. The molecule has 0 spiro atoms. The largest absolute Gasteiger partial charge is 0.482 e. The number of hydrogen-bond donors (Lipinski definition) is 1. The number of carbonyl (C=O) groups is 3. The molecule has 0 atom stereocenters. The number of anilines is 1. The van der Waals surface area contributed by atoms with Gasteiger partial charge in [0.25, 0.3) is 17.1 Å². The smallest absolute Gasteiger partial charge is 0.293 e. The highest BCUT2D eigenvalue weighted by Crippen LogP contribution is 2.35. The quantitative estimate of drug-likeness (QED) is 0.489. The second kappa shape index (κ2) is 10.9. The standard InChI is InChI=1S/C25H25ClN2O4S/c26-20-13-18(11-12-21(20)32-16-23(29)27-19-9-5-2-6-10-19)14-22-24(30)28(25(31)33-22)15-17-7-3-1-4-8-17/h2,5-6,9-14,17H,1,3-4,7-8,15-16H2,(H,27,29)/b22-14+. The van der Waals surface area contributed by atoms with Crippen molar-refractivity contribution in [1.82, 2.24) is 4.90 Å². The fourth-order valence-electron chi connectivity index (χ4n) is 4.02. The molecule has 2 aliphatic rings. The molecule has 1 saturated carbocycles. The second-order valence-corrected chi connectivity index (χ2v) is 9.59. The van der Waals surface area contributed by atoms with Crippen LogP contribution in [0.15, 0.2) is 53.4 Å². The summed E-state index contributed by atoms with van der Waals surface area (Å²) >= 11 is 7.29. The number of ether oxygens (including phenoxy) is 1. The van der Waals surface area contributed by atoms with Crippen molar-refractivity contribution >= 4 is 52.2 Å². The van der Waals surface area contributed by atoms with Crippen LogP contribution in [0.1, 0.15) is 37.7 Å². The molecule has 1 aliphatic heterocycles. The molecule has 0 bridgehead atoms. The number of benzene rings is 2. The molecule has 2 aromatic rings. The van der Waals surface area contributed by atoms with Crippen molar-refractivity contribution in [3.63, 3.8) is 0 Å². The van der Waals surface area contributed by atoms with Gasteiger partial charge in [0.1, 0.15) is 5.75 Å². The van der Waals surface area contributed by atoms with Crippen molar-refractivity contribution < 1.29 is 19.1 Å². The number of amides is 3.